The Labute approximate surface area is 119 Å². The fraction of sp³-hybridized carbons (Fsp3) is 0.333. The minimum absolute atomic E-state index is 0.386. The van der Waals surface area contributed by atoms with Crippen LogP contribution < -0.4 is 10.6 Å². The van der Waals surface area contributed by atoms with E-state index in [0.29, 0.717) is 12.4 Å². The zero-order valence-electron chi connectivity index (χ0n) is 12.3. The number of hydrogen-bond donors (Lipinski definition) is 2. The summed E-state index contributed by atoms with van der Waals surface area (Å²) < 4.78 is 5.09. The number of nitrogens with zero attached hydrogens (tertiary/aromatic N) is 2. The summed E-state index contributed by atoms with van der Waals surface area (Å²) in [6, 6.07) is 8.19. The Hall–Kier alpha value is -2.14. The lowest BCUT2D eigenvalue weighted by Gasteiger charge is -2.11. The smallest absolute Gasteiger partial charge is 0.158 e. The Bertz CT molecular complexity index is 578. The summed E-state index contributed by atoms with van der Waals surface area (Å²) in [6.45, 7) is 4.54. The van der Waals surface area contributed by atoms with Crippen molar-refractivity contribution in [3.05, 3.63) is 41.2 Å². The Morgan fingerprint density at radius 1 is 1.00 bits per heavy atom. The third-order valence-corrected chi connectivity index (χ3v) is 2.80. The molecule has 1 aromatic carbocycles. The molecule has 0 aliphatic carbocycles. The highest BCUT2D eigenvalue weighted by Gasteiger charge is 2.05. The number of ether oxygens (including phenoxy) is 1. The first-order chi connectivity index (χ1) is 9.60. The van der Waals surface area contributed by atoms with Gasteiger partial charge in [0.2, 0.25) is 0 Å². The van der Waals surface area contributed by atoms with Gasteiger partial charge in [0.1, 0.15) is 18.2 Å². The van der Waals surface area contributed by atoms with E-state index in [2.05, 4.69) is 52.6 Å². The molecule has 1 heterocycles. The zero-order valence-corrected chi connectivity index (χ0v) is 12.3. The van der Waals surface area contributed by atoms with E-state index in [4.69, 9.17) is 4.74 Å². The molecule has 0 aliphatic heterocycles. The number of anilines is 3. The molecule has 2 aromatic rings. The van der Waals surface area contributed by atoms with Crippen molar-refractivity contribution in [2.75, 3.05) is 24.8 Å². The van der Waals surface area contributed by atoms with Crippen LogP contribution in [0.4, 0.5) is 17.3 Å². The van der Waals surface area contributed by atoms with Crippen LogP contribution in [-0.4, -0.2) is 24.1 Å². The molecule has 2 N–H and O–H groups in total. The molecule has 106 valence electrons. The zero-order chi connectivity index (χ0) is 14.5. The van der Waals surface area contributed by atoms with Crippen LogP contribution in [0, 0.1) is 13.8 Å². The number of nitrogens with one attached hydrogen (secondary N) is 2. The molecule has 0 fully saturated rings. The Morgan fingerprint density at radius 3 is 2.25 bits per heavy atom. The SMILES string of the molecule is CNc1cc(Nc2cc(C)cc(C)c2)nc(COC)n1. The van der Waals surface area contributed by atoms with Crippen molar-refractivity contribution < 1.29 is 4.74 Å². The van der Waals surface area contributed by atoms with Crippen LogP contribution in [0.15, 0.2) is 24.3 Å². The summed E-state index contributed by atoms with van der Waals surface area (Å²) in [7, 11) is 3.46. The third-order valence-electron chi connectivity index (χ3n) is 2.80. The number of aryl methyl sites for hydroxylation is 2. The molecular weight excluding hydrogens is 252 g/mol. The van der Waals surface area contributed by atoms with Gasteiger partial charge in [-0.3, -0.25) is 0 Å². The van der Waals surface area contributed by atoms with Gasteiger partial charge in [-0.15, -0.1) is 0 Å². The van der Waals surface area contributed by atoms with Gasteiger partial charge in [-0.25, -0.2) is 9.97 Å². The lowest BCUT2D eigenvalue weighted by molar-refractivity contribution is 0.178. The van der Waals surface area contributed by atoms with E-state index in [0.717, 1.165) is 17.3 Å². The van der Waals surface area contributed by atoms with Gasteiger partial charge in [0.15, 0.2) is 5.82 Å². The number of benzene rings is 1. The van der Waals surface area contributed by atoms with Crippen LogP contribution in [0.2, 0.25) is 0 Å². The van der Waals surface area contributed by atoms with Crippen molar-refractivity contribution in [2.24, 2.45) is 0 Å². The van der Waals surface area contributed by atoms with E-state index in [1.165, 1.54) is 11.1 Å². The van der Waals surface area contributed by atoms with E-state index in [-0.39, 0.29) is 0 Å². The second kappa shape index (κ2) is 6.34. The molecule has 5 nitrogen and oxygen atoms in total. The van der Waals surface area contributed by atoms with Crippen LogP contribution >= 0.6 is 0 Å². The van der Waals surface area contributed by atoms with Gasteiger partial charge in [-0.2, -0.15) is 0 Å². The molecule has 1 aromatic heterocycles. The summed E-state index contributed by atoms with van der Waals surface area (Å²) in [6.07, 6.45) is 0. The second-order valence-electron chi connectivity index (χ2n) is 4.74. The van der Waals surface area contributed by atoms with Crippen molar-refractivity contribution >= 4 is 17.3 Å². The van der Waals surface area contributed by atoms with Gasteiger partial charge in [0, 0.05) is 25.9 Å². The molecule has 0 atom stereocenters. The fourth-order valence-electron chi connectivity index (χ4n) is 2.08. The van der Waals surface area contributed by atoms with E-state index < -0.39 is 0 Å². The van der Waals surface area contributed by atoms with Crippen molar-refractivity contribution in [2.45, 2.75) is 20.5 Å². The number of aromatic nitrogens is 2. The maximum absolute atomic E-state index is 5.09. The number of hydrogen-bond acceptors (Lipinski definition) is 5. The average molecular weight is 272 g/mol. The summed E-state index contributed by atoms with van der Waals surface area (Å²) in [4.78, 5) is 8.77. The van der Waals surface area contributed by atoms with Crippen LogP contribution in [-0.2, 0) is 11.3 Å². The minimum Gasteiger partial charge on any atom is -0.377 e. The van der Waals surface area contributed by atoms with Gasteiger partial charge in [-0.1, -0.05) is 6.07 Å². The predicted molar refractivity (Wildman–Crippen MR) is 81.5 cm³/mol. The molecule has 0 bridgehead atoms. The predicted octanol–water partition coefficient (Wildman–Crippen LogP) is 3.03. The number of rotatable bonds is 5. The summed E-state index contributed by atoms with van der Waals surface area (Å²) in [5, 5.41) is 6.34. The summed E-state index contributed by atoms with van der Waals surface area (Å²) in [5.74, 6) is 2.16. The fourth-order valence-corrected chi connectivity index (χ4v) is 2.08. The van der Waals surface area contributed by atoms with Crippen LogP contribution in [0.5, 0.6) is 0 Å². The van der Waals surface area contributed by atoms with Crippen molar-refractivity contribution in [1.82, 2.24) is 9.97 Å². The van der Waals surface area contributed by atoms with Gasteiger partial charge in [0.05, 0.1) is 0 Å². The second-order valence-corrected chi connectivity index (χ2v) is 4.74. The normalized spacial score (nSPS) is 10.4. The molecular formula is C15H20N4O. The quantitative estimate of drug-likeness (QED) is 0.876. The molecule has 5 heteroatoms. The molecule has 20 heavy (non-hydrogen) atoms. The molecule has 0 radical (unpaired) electrons. The third kappa shape index (κ3) is 3.68. The summed E-state index contributed by atoms with van der Waals surface area (Å²) in [5.41, 5.74) is 3.45. The maximum atomic E-state index is 5.09. The largest absolute Gasteiger partial charge is 0.377 e. The van der Waals surface area contributed by atoms with E-state index in [1.807, 2.05) is 13.1 Å². The Morgan fingerprint density at radius 2 is 1.65 bits per heavy atom. The maximum Gasteiger partial charge on any atom is 0.158 e. The Kier molecular flexibility index (Phi) is 4.53. The topological polar surface area (TPSA) is 59.1 Å². The van der Waals surface area contributed by atoms with E-state index in [1.54, 1.807) is 7.11 Å². The molecule has 0 saturated heterocycles. The molecule has 0 spiro atoms. The number of methoxy groups -OCH3 is 1. The first-order valence-corrected chi connectivity index (χ1v) is 6.50. The summed E-state index contributed by atoms with van der Waals surface area (Å²) >= 11 is 0. The van der Waals surface area contributed by atoms with E-state index in [9.17, 15) is 0 Å². The van der Waals surface area contributed by atoms with Crippen LogP contribution in [0.25, 0.3) is 0 Å². The average Bonchev–Trinajstić information content (AvgIpc) is 2.37. The van der Waals surface area contributed by atoms with Crippen molar-refractivity contribution in [3.63, 3.8) is 0 Å². The first kappa shape index (κ1) is 14.3. The highest BCUT2D eigenvalue weighted by molar-refractivity contribution is 5.60. The Balaban J connectivity index is 2.29. The van der Waals surface area contributed by atoms with Crippen molar-refractivity contribution in [1.29, 1.82) is 0 Å². The molecule has 0 amide bonds. The van der Waals surface area contributed by atoms with Crippen molar-refractivity contribution in [3.8, 4) is 0 Å². The van der Waals surface area contributed by atoms with Crippen LogP contribution in [0.3, 0.4) is 0 Å². The van der Waals surface area contributed by atoms with Gasteiger partial charge >= 0.3 is 0 Å². The first-order valence-electron chi connectivity index (χ1n) is 6.50. The van der Waals surface area contributed by atoms with Gasteiger partial charge in [0.25, 0.3) is 0 Å². The lowest BCUT2D eigenvalue weighted by Crippen LogP contribution is -2.04. The lowest BCUT2D eigenvalue weighted by atomic mass is 10.1. The molecule has 2 rings (SSSR count). The van der Waals surface area contributed by atoms with E-state index >= 15 is 0 Å². The highest BCUT2D eigenvalue weighted by atomic mass is 16.5. The molecule has 0 saturated carbocycles. The monoisotopic (exact) mass is 272 g/mol. The standard InChI is InChI=1S/C15H20N4O/c1-10-5-11(2)7-12(6-10)17-14-8-13(16-3)18-15(19-14)9-20-4/h5-8H,9H2,1-4H3,(H2,16,17,18,19). The molecule has 0 aliphatic rings. The molecule has 0 unspecified atom stereocenters. The highest BCUT2D eigenvalue weighted by Crippen LogP contribution is 2.20. The van der Waals surface area contributed by atoms with Crippen LogP contribution in [0.1, 0.15) is 17.0 Å². The van der Waals surface area contributed by atoms with Gasteiger partial charge in [-0.05, 0) is 37.1 Å². The minimum atomic E-state index is 0.386. The van der Waals surface area contributed by atoms with Gasteiger partial charge < -0.3 is 15.4 Å².